The summed E-state index contributed by atoms with van der Waals surface area (Å²) in [5.41, 5.74) is 2.63. The molecule has 2 aliphatic heterocycles. The van der Waals surface area contributed by atoms with Crippen LogP contribution in [0.25, 0.3) is 0 Å². The zero-order valence-electron chi connectivity index (χ0n) is 18.6. The minimum Gasteiger partial charge on any atom is -0.507 e. The topological polar surface area (TPSA) is 94.1 Å². The number of phenolic OH excluding ortho intramolecular Hbond substituents is 1. The number of aromatic hydroxyl groups is 1. The van der Waals surface area contributed by atoms with Gasteiger partial charge in [-0.25, -0.2) is 0 Å². The van der Waals surface area contributed by atoms with E-state index >= 15 is 0 Å². The standard InChI is InChI=1S/C24H27NO6S/c1-5-24(12-30-20-15(4)19(26)13(2)14(3)21(20)31-24)11-29-17-8-6-16(7-9-17)10-18-22(27)25-23(28)32-18/h6-9,18,26H,5,10-12H2,1-4H3,(H,25,27,28). The smallest absolute Gasteiger partial charge is 0.286 e. The number of fused-ring (bicyclic) bond motifs is 1. The molecule has 2 aromatic carbocycles. The number of thioether (sulfide) groups is 1. The monoisotopic (exact) mass is 457 g/mol. The highest BCUT2D eigenvalue weighted by Gasteiger charge is 2.40. The first-order valence-electron chi connectivity index (χ1n) is 10.6. The normalized spacial score (nSPS) is 22.1. The molecule has 0 radical (unpaired) electrons. The predicted molar refractivity (Wildman–Crippen MR) is 122 cm³/mol. The largest absolute Gasteiger partial charge is 0.507 e. The summed E-state index contributed by atoms with van der Waals surface area (Å²) >= 11 is 1.03. The van der Waals surface area contributed by atoms with Crippen LogP contribution >= 0.6 is 11.8 Å². The van der Waals surface area contributed by atoms with E-state index in [9.17, 15) is 14.7 Å². The number of hydrogen-bond acceptors (Lipinski definition) is 7. The molecule has 7 nitrogen and oxygen atoms in total. The maximum Gasteiger partial charge on any atom is 0.286 e. The van der Waals surface area contributed by atoms with E-state index in [2.05, 4.69) is 5.32 Å². The van der Waals surface area contributed by atoms with Crippen LogP contribution in [0, 0.1) is 20.8 Å². The second-order valence-corrected chi connectivity index (χ2v) is 9.50. The molecule has 0 spiro atoms. The number of rotatable bonds is 6. The summed E-state index contributed by atoms with van der Waals surface area (Å²) in [5, 5.41) is 11.9. The lowest BCUT2D eigenvalue weighted by Crippen LogP contribution is -2.49. The van der Waals surface area contributed by atoms with Crippen molar-refractivity contribution in [2.75, 3.05) is 13.2 Å². The van der Waals surface area contributed by atoms with Gasteiger partial charge >= 0.3 is 0 Å². The molecule has 2 unspecified atom stereocenters. The molecule has 1 saturated heterocycles. The van der Waals surface area contributed by atoms with E-state index in [0.29, 0.717) is 48.9 Å². The zero-order valence-corrected chi connectivity index (χ0v) is 19.4. The number of amides is 2. The Bertz CT molecular complexity index is 1070. The van der Waals surface area contributed by atoms with Crippen molar-refractivity contribution in [3.8, 4) is 23.0 Å². The van der Waals surface area contributed by atoms with Gasteiger partial charge in [0.15, 0.2) is 17.1 Å². The molecule has 2 atom stereocenters. The Morgan fingerprint density at radius 1 is 1.12 bits per heavy atom. The van der Waals surface area contributed by atoms with Gasteiger partial charge in [-0.3, -0.25) is 14.9 Å². The van der Waals surface area contributed by atoms with E-state index in [1.54, 1.807) is 0 Å². The molecule has 2 amide bonds. The molecule has 2 heterocycles. The molecule has 1 fully saturated rings. The zero-order chi connectivity index (χ0) is 23.0. The Morgan fingerprint density at radius 2 is 1.84 bits per heavy atom. The maximum absolute atomic E-state index is 11.8. The number of ether oxygens (including phenoxy) is 3. The number of carbonyl (C=O) groups is 2. The number of hydrogen-bond donors (Lipinski definition) is 2. The first-order valence-corrected chi connectivity index (χ1v) is 11.5. The SMILES string of the molecule is CCC1(COc2ccc(CC3SC(=O)NC3=O)cc2)COc2c(C)c(O)c(C)c(C)c2O1. The molecule has 4 rings (SSSR count). The molecular weight excluding hydrogens is 430 g/mol. The fourth-order valence-electron chi connectivity index (χ4n) is 3.85. The van der Waals surface area contributed by atoms with Gasteiger partial charge in [-0.15, -0.1) is 0 Å². The van der Waals surface area contributed by atoms with E-state index in [4.69, 9.17) is 14.2 Å². The molecule has 2 aromatic rings. The molecule has 0 aliphatic carbocycles. The average Bonchev–Trinajstić information content (AvgIpc) is 3.12. The summed E-state index contributed by atoms with van der Waals surface area (Å²) in [6.07, 6.45) is 1.17. The molecule has 2 aliphatic rings. The highest BCUT2D eigenvalue weighted by Crippen LogP contribution is 2.47. The molecule has 170 valence electrons. The number of phenols is 1. The van der Waals surface area contributed by atoms with Gasteiger partial charge in [0, 0.05) is 11.1 Å². The van der Waals surface area contributed by atoms with Crippen molar-refractivity contribution in [3.63, 3.8) is 0 Å². The summed E-state index contributed by atoms with van der Waals surface area (Å²) in [5.74, 6) is 1.93. The molecule has 0 aromatic heterocycles. The Balaban J connectivity index is 1.44. The summed E-state index contributed by atoms with van der Waals surface area (Å²) in [6, 6.07) is 7.51. The summed E-state index contributed by atoms with van der Waals surface area (Å²) < 4.78 is 18.5. The van der Waals surface area contributed by atoms with Gasteiger partial charge in [-0.05, 0) is 56.9 Å². The number of benzene rings is 2. The lowest BCUT2D eigenvalue weighted by molar-refractivity contribution is -0.118. The fourth-order valence-corrected chi connectivity index (χ4v) is 4.71. The van der Waals surface area contributed by atoms with Crippen molar-refractivity contribution >= 4 is 22.9 Å². The van der Waals surface area contributed by atoms with Crippen LogP contribution in [0.1, 0.15) is 35.6 Å². The van der Waals surface area contributed by atoms with Crippen molar-refractivity contribution < 1.29 is 28.9 Å². The second kappa shape index (κ2) is 8.58. The number of nitrogens with one attached hydrogen (secondary N) is 1. The van der Waals surface area contributed by atoms with Crippen LogP contribution in [0.15, 0.2) is 24.3 Å². The van der Waals surface area contributed by atoms with Gasteiger partial charge in [0.05, 0.1) is 5.25 Å². The average molecular weight is 458 g/mol. The van der Waals surface area contributed by atoms with E-state index in [0.717, 1.165) is 28.5 Å². The summed E-state index contributed by atoms with van der Waals surface area (Å²) in [7, 11) is 0. The third-order valence-corrected chi connectivity index (χ3v) is 7.20. The third-order valence-electron chi connectivity index (χ3n) is 6.22. The first kappa shape index (κ1) is 22.3. The molecule has 2 N–H and O–H groups in total. The van der Waals surface area contributed by atoms with Crippen molar-refractivity contribution in [1.29, 1.82) is 0 Å². The quantitative estimate of drug-likeness (QED) is 0.671. The Morgan fingerprint density at radius 3 is 2.47 bits per heavy atom. The van der Waals surface area contributed by atoms with Crippen LogP contribution in [0.2, 0.25) is 0 Å². The van der Waals surface area contributed by atoms with Gasteiger partial charge in [0.1, 0.15) is 24.7 Å². The van der Waals surface area contributed by atoms with Crippen LogP contribution in [0.4, 0.5) is 4.79 Å². The van der Waals surface area contributed by atoms with Gasteiger partial charge in [0.2, 0.25) is 5.91 Å². The van der Waals surface area contributed by atoms with E-state index < -0.39 is 5.60 Å². The molecule has 0 saturated carbocycles. The highest BCUT2D eigenvalue weighted by atomic mass is 32.2. The van der Waals surface area contributed by atoms with Crippen molar-refractivity contribution in [2.24, 2.45) is 0 Å². The Hall–Kier alpha value is -2.87. The van der Waals surface area contributed by atoms with Crippen molar-refractivity contribution in [3.05, 3.63) is 46.5 Å². The van der Waals surface area contributed by atoms with Crippen LogP contribution in [0.5, 0.6) is 23.0 Å². The van der Waals surface area contributed by atoms with E-state index in [1.807, 2.05) is 52.0 Å². The minimum absolute atomic E-state index is 0.239. The number of imide groups is 1. The van der Waals surface area contributed by atoms with Crippen LogP contribution in [-0.2, 0) is 11.2 Å². The van der Waals surface area contributed by atoms with Crippen molar-refractivity contribution in [1.82, 2.24) is 5.32 Å². The van der Waals surface area contributed by atoms with Gasteiger partial charge in [0.25, 0.3) is 5.24 Å². The Labute approximate surface area is 191 Å². The maximum atomic E-state index is 11.8. The molecule has 8 heteroatoms. The molecule has 32 heavy (non-hydrogen) atoms. The van der Waals surface area contributed by atoms with Crippen LogP contribution in [0.3, 0.4) is 0 Å². The summed E-state index contributed by atoms with van der Waals surface area (Å²) in [6.45, 7) is 8.26. The van der Waals surface area contributed by atoms with Gasteiger partial charge in [-0.2, -0.15) is 0 Å². The predicted octanol–water partition coefficient (Wildman–Crippen LogP) is 4.21. The van der Waals surface area contributed by atoms with Crippen LogP contribution < -0.4 is 19.5 Å². The number of carbonyl (C=O) groups excluding carboxylic acids is 2. The molecule has 0 bridgehead atoms. The van der Waals surface area contributed by atoms with E-state index in [-0.39, 0.29) is 22.1 Å². The molecular formula is C24H27NO6S. The Kier molecular flexibility index (Phi) is 5.99. The van der Waals surface area contributed by atoms with Gasteiger partial charge in [-0.1, -0.05) is 30.8 Å². The van der Waals surface area contributed by atoms with Gasteiger partial charge < -0.3 is 19.3 Å². The first-order chi connectivity index (χ1) is 15.2. The highest BCUT2D eigenvalue weighted by molar-refractivity contribution is 8.15. The lowest BCUT2D eigenvalue weighted by atomic mass is 9.97. The fraction of sp³-hybridized carbons (Fsp3) is 0.417. The van der Waals surface area contributed by atoms with E-state index in [1.165, 1.54) is 0 Å². The van der Waals surface area contributed by atoms with Crippen LogP contribution in [-0.4, -0.2) is 40.3 Å². The third kappa shape index (κ3) is 4.11. The lowest BCUT2D eigenvalue weighted by Gasteiger charge is -2.39. The summed E-state index contributed by atoms with van der Waals surface area (Å²) in [4.78, 5) is 23.1. The van der Waals surface area contributed by atoms with Crippen molar-refractivity contribution in [2.45, 2.75) is 51.4 Å². The minimum atomic E-state index is -0.648. The second-order valence-electron chi connectivity index (χ2n) is 8.33.